The van der Waals surface area contributed by atoms with E-state index in [4.69, 9.17) is 21.5 Å². The van der Waals surface area contributed by atoms with Crippen LogP contribution < -0.4 is 10.8 Å². The van der Waals surface area contributed by atoms with E-state index < -0.39 is 7.12 Å². The van der Waals surface area contributed by atoms with E-state index >= 15 is 0 Å². The minimum Gasteiger partial charge on any atom is -0.423 e. The summed E-state index contributed by atoms with van der Waals surface area (Å²) in [6.07, 6.45) is 0. The van der Waals surface area contributed by atoms with Crippen LogP contribution in [0.5, 0.6) is 0 Å². The molecule has 0 unspecified atom stereocenters. The molecule has 2 aromatic rings. The minimum atomic E-state index is -1.00. The summed E-state index contributed by atoms with van der Waals surface area (Å²) in [6.45, 7) is 0.292. The van der Waals surface area contributed by atoms with Gasteiger partial charge in [0.15, 0.2) is 0 Å². The molecule has 0 aliphatic carbocycles. The zero-order valence-electron chi connectivity index (χ0n) is 11.3. The van der Waals surface area contributed by atoms with Crippen LogP contribution in [-0.4, -0.2) is 18.0 Å². The van der Waals surface area contributed by atoms with Crippen LogP contribution in [0, 0.1) is 11.3 Å². The van der Waals surface area contributed by atoms with Gasteiger partial charge >= 0.3 is 7.12 Å². The monoisotopic (exact) mass is 312 g/mol. The highest BCUT2D eigenvalue weighted by molar-refractivity contribution is 6.62. The smallest absolute Gasteiger partial charge is 0.423 e. The van der Waals surface area contributed by atoms with Crippen molar-refractivity contribution in [1.82, 2.24) is 0 Å². The van der Waals surface area contributed by atoms with Gasteiger partial charge in [-0.1, -0.05) is 11.6 Å². The summed E-state index contributed by atoms with van der Waals surface area (Å²) in [5, 5.41) is 21.5. The third-order valence-corrected chi connectivity index (χ3v) is 3.73. The highest BCUT2D eigenvalue weighted by atomic mass is 35.5. The Morgan fingerprint density at radius 3 is 2.77 bits per heavy atom. The van der Waals surface area contributed by atoms with Gasteiger partial charge in [0, 0.05) is 5.56 Å². The molecule has 1 aliphatic heterocycles. The first kappa shape index (κ1) is 14.6. The molecule has 1 aliphatic rings. The van der Waals surface area contributed by atoms with E-state index in [1.54, 1.807) is 36.4 Å². The zero-order valence-corrected chi connectivity index (χ0v) is 12.1. The summed E-state index contributed by atoms with van der Waals surface area (Å²) in [6, 6.07) is 11.5. The number of halogens is 1. The number of fused-ring (bicyclic) bond motifs is 1. The zero-order chi connectivity index (χ0) is 15.7. The van der Waals surface area contributed by atoms with Crippen LogP contribution in [0.4, 0.5) is 5.69 Å². The van der Waals surface area contributed by atoms with Gasteiger partial charge < -0.3 is 15.0 Å². The van der Waals surface area contributed by atoms with Crippen molar-refractivity contribution in [2.24, 2.45) is 0 Å². The molecule has 0 saturated carbocycles. The molecule has 2 N–H and O–H groups in total. The fourth-order valence-corrected chi connectivity index (χ4v) is 2.46. The molecule has 0 atom stereocenters. The van der Waals surface area contributed by atoms with Crippen LogP contribution >= 0.6 is 11.6 Å². The lowest BCUT2D eigenvalue weighted by molar-refractivity contribution is 0.102. The predicted molar refractivity (Wildman–Crippen MR) is 83.0 cm³/mol. The summed E-state index contributed by atoms with van der Waals surface area (Å²) >= 11 is 6.14. The topological polar surface area (TPSA) is 82.4 Å². The normalized spacial score (nSPS) is 12.7. The first-order valence-corrected chi connectivity index (χ1v) is 6.90. The van der Waals surface area contributed by atoms with Crippen molar-refractivity contribution >= 4 is 35.8 Å². The summed E-state index contributed by atoms with van der Waals surface area (Å²) in [5.74, 6) is -0.347. The van der Waals surface area contributed by atoms with Gasteiger partial charge in [-0.25, -0.2) is 0 Å². The molecule has 2 aromatic carbocycles. The Hall–Kier alpha value is -2.33. The Labute approximate surface area is 132 Å². The van der Waals surface area contributed by atoms with E-state index in [2.05, 4.69) is 5.32 Å². The highest BCUT2D eigenvalue weighted by Gasteiger charge is 2.28. The second-order valence-electron chi connectivity index (χ2n) is 4.84. The number of rotatable bonds is 2. The first-order valence-electron chi connectivity index (χ1n) is 6.52. The fraction of sp³-hybridized carbons (Fsp3) is 0.0667. The van der Waals surface area contributed by atoms with Gasteiger partial charge in [0.1, 0.15) is 0 Å². The largest absolute Gasteiger partial charge is 0.491 e. The lowest BCUT2D eigenvalue weighted by atomic mass is 9.79. The van der Waals surface area contributed by atoms with Crippen molar-refractivity contribution in [3.05, 3.63) is 58.1 Å². The number of anilines is 1. The van der Waals surface area contributed by atoms with Crippen molar-refractivity contribution in [3.63, 3.8) is 0 Å². The molecule has 108 valence electrons. The van der Waals surface area contributed by atoms with Gasteiger partial charge in [-0.2, -0.15) is 5.26 Å². The minimum absolute atomic E-state index is 0.292. The molecular weight excluding hydrogens is 302 g/mol. The second kappa shape index (κ2) is 5.81. The number of nitriles is 1. The van der Waals surface area contributed by atoms with E-state index in [1.807, 2.05) is 6.07 Å². The molecule has 0 spiro atoms. The van der Waals surface area contributed by atoms with Gasteiger partial charge in [-0.15, -0.1) is 0 Å². The molecule has 1 heterocycles. The lowest BCUT2D eigenvalue weighted by Crippen LogP contribution is -2.28. The Morgan fingerprint density at radius 2 is 2.09 bits per heavy atom. The van der Waals surface area contributed by atoms with E-state index in [0.29, 0.717) is 33.9 Å². The number of amides is 1. The molecule has 5 nitrogen and oxygen atoms in total. The maximum atomic E-state index is 12.2. The number of benzene rings is 2. The molecule has 1 amide bonds. The van der Waals surface area contributed by atoms with Gasteiger partial charge in [-0.3, -0.25) is 4.79 Å². The predicted octanol–water partition coefficient (Wildman–Crippen LogP) is 1.68. The maximum absolute atomic E-state index is 12.2. The number of carbonyl (C=O) groups excluding carboxylic acids is 1. The molecule has 3 rings (SSSR count). The summed E-state index contributed by atoms with van der Waals surface area (Å²) in [5.41, 5.74) is 2.69. The van der Waals surface area contributed by atoms with Crippen LogP contribution in [0.2, 0.25) is 5.02 Å². The number of hydrogen-bond donors (Lipinski definition) is 2. The number of hydrogen-bond acceptors (Lipinski definition) is 4. The van der Waals surface area contributed by atoms with Crippen molar-refractivity contribution in [3.8, 4) is 6.07 Å². The molecule has 0 radical (unpaired) electrons. The molecule has 0 fully saturated rings. The third kappa shape index (κ3) is 2.70. The lowest BCUT2D eigenvalue weighted by Gasteiger charge is -2.10. The maximum Gasteiger partial charge on any atom is 0.491 e. The van der Waals surface area contributed by atoms with Gasteiger partial charge in [-0.05, 0) is 47.4 Å². The number of nitrogens with one attached hydrogen (secondary N) is 1. The summed E-state index contributed by atoms with van der Waals surface area (Å²) in [4.78, 5) is 12.2. The standard InChI is InChI=1S/C15H10BClN2O3/c17-13-5-11-8-22-16(21)12(11)6-14(13)19-15(20)10-3-1-9(7-18)2-4-10/h1-6,21H,8H2,(H,19,20). The van der Waals surface area contributed by atoms with Crippen LogP contribution in [-0.2, 0) is 11.3 Å². The van der Waals surface area contributed by atoms with Crippen molar-refractivity contribution < 1.29 is 14.5 Å². The Balaban J connectivity index is 1.85. The van der Waals surface area contributed by atoms with Crippen molar-refractivity contribution in [2.75, 3.05) is 5.32 Å². The van der Waals surface area contributed by atoms with Gasteiger partial charge in [0.2, 0.25) is 0 Å². The Kier molecular flexibility index (Phi) is 3.86. The van der Waals surface area contributed by atoms with Gasteiger partial charge in [0.05, 0.1) is 28.9 Å². The van der Waals surface area contributed by atoms with Gasteiger partial charge in [0.25, 0.3) is 5.91 Å². The van der Waals surface area contributed by atoms with E-state index in [1.165, 1.54) is 0 Å². The van der Waals surface area contributed by atoms with Crippen LogP contribution in [0.1, 0.15) is 21.5 Å². The Morgan fingerprint density at radius 1 is 1.36 bits per heavy atom. The Bertz CT molecular complexity index is 787. The quantitative estimate of drug-likeness (QED) is 0.827. The number of nitrogens with zero attached hydrogens (tertiary/aromatic N) is 1. The fourth-order valence-electron chi connectivity index (χ4n) is 2.23. The van der Waals surface area contributed by atoms with E-state index in [-0.39, 0.29) is 5.91 Å². The van der Waals surface area contributed by atoms with E-state index in [0.717, 1.165) is 5.56 Å². The highest BCUT2D eigenvalue weighted by Crippen LogP contribution is 2.25. The first-order chi connectivity index (χ1) is 10.6. The average Bonchev–Trinajstić information content (AvgIpc) is 2.88. The SMILES string of the molecule is N#Cc1ccc(C(=O)Nc2cc3c(cc2Cl)COB3O)cc1. The molecule has 0 bridgehead atoms. The van der Waals surface area contributed by atoms with E-state index in [9.17, 15) is 9.82 Å². The van der Waals surface area contributed by atoms with Crippen LogP contribution in [0.25, 0.3) is 0 Å². The van der Waals surface area contributed by atoms with Crippen molar-refractivity contribution in [1.29, 1.82) is 5.26 Å². The molecular formula is C15H10BClN2O3. The molecule has 0 aromatic heterocycles. The molecule has 22 heavy (non-hydrogen) atoms. The third-order valence-electron chi connectivity index (χ3n) is 3.42. The average molecular weight is 313 g/mol. The molecule has 7 heteroatoms. The van der Waals surface area contributed by atoms with Crippen molar-refractivity contribution in [2.45, 2.75) is 6.61 Å². The second-order valence-corrected chi connectivity index (χ2v) is 5.24. The van der Waals surface area contributed by atoms with Crippen LogP contribution in [0.3, 0.4) is 0 Å². The summed E-state index contributed by atoms with van der Waals surface area (Å²) in [7, 11) is -1.00. The van der Waals surface area contributed by atoms with Crippen LogP contribution in [0.15, 0.2) is 36.4 Å². The molecule has 0 saturated heterocycles. The summed E-state index contributed by atoms with van der Waals surface area (Å²) < 4.78 is 5.10. The number of carbonyl (C=O) groups is 1.